The highest BCUT2D eigenvalue weighted by atomic mass is 32.2. The molecule has 2 aromatic rings. The van der Waals surface area contributed by atoms with Crippen LogP contribution in [0.15, 0.2) is 59.5 Å². The first-order chi connectivity index (χ1) is 12.0. The van der Waals surface area contributed by atoms with Crippen LogP contribution in [-0.4, -0.2) is 54.9 Å². The number of rotatable bonds is 3. The molecule has 3 rings (SSSR count). The van der Waals surface area contributed by atoms with E-state index in [1.807, 2.05) is 0 Å². The summed E-state index contributed by atoms with van der Waals surface area (Å²) in [5, 5.41) is 12.3. The molecule has 0 saturated carbocycles. The minimum Gasteiger partial charge on any atom is -0.506 e. The van der Waals surface area contributed by atoms with Gasteiger partial charge in [-0.3, -0.25) is 0 Å². The average molecular weight is 361 g/mol. The normalized spacial score (nSPS) is 15.8. The van der Waals surface area contributed by atoms with Gasteiger partial charge in [-0.1, -0.05) is 30.3 Å². The number of nitrogens with zero attached hydrogens (tertiary/aromatic N) is 2. The minimum absolute atomic E-state index is 0.0128. The number of urea groups is 1. The fourth-order valence-electron chi connectivity index (χ4n) is 2.65. The fraction of sp³-hybridized carbons (Fsp3) is 0.235. The third-order valence-corrected chi connectivity index (χ3v) is 5.97. The van der Waals surface area contributed by atoms with Crippen molar-refractivity contribution in [3.05, 3.63) is 54.6 Å². The topological polar surface area (TPSA) is 89.9 Å². The summed E-state index contributed by atoms with van der Waals surface area (Å²) in [7, 11) is -3.54. The molecule has 2 aromatic carbocycles. The number of hydrogen-bond acceptors (Lipinski definition) is 4. The number of piperazine rings is 1. The highest BCUT2D eigenvalue weighted by Crippen LogP contribution is 2.22. The molecule has 1 heterocycles. The van der Waals surface area contributed by atoms with Gasteiger partial charge in [-0.15, -0.1) is 0 Å². The van der Waals surface area contributed by atoms with Crippen LogP contribution in [0.4, 0.5) is 10.5 Å². The summed E-state index contributed by atoms with van der Waals surface area (Å²) in [6.45, 7) is 1.02. The van der Waals surface area contributed by atoms with E-state index < -0.39 is 10.0 Å². The molecule has 25 heavy (non-hydrogen) atoms. The van der Waals surface area contributed by atoms with Crippen molar-refractivity contribution >= 4 is 21.7 Å². The van der Waals surface area contributed by atoms with Gasteiger partial charge in [0.15, 0.2) is 0 Å². The average Bonchev–Trinajstić information content (AvgIpc) is 2.64. The zero-order valence-corrected chi connectivity index (χ0v) is 14.3. The van der Waals surface area contributed by atoms with Crippen LogP contribution < -0.4 is 5.32 Å². The molecule has 0 aromatic heterocycles. The van der Waals surface area contributed by atoms with Crippen molar-refractivity contribution in [2.45, 2.75) is 4.90 Å². The van der Waals surface area contributed by atoms with E-state index in [-0.39, 0.29) is 42.9 Å². The van der Waals surface area contributed by atoms with Crippen molar-refractivity contribution in [2.75, 3.05) is 31.5 Å². The molecule has 132 valence electrons. The number of phenolic OH excluding ortho intramolecular Hbond substituents is 1. The number of aromatic hydroxyl groups is 1. The molecular weight excluding hydrogens is 342 g/mol. The van der Waals surface area contributed by atoms with Crippen LogP contribution in [0, 0.1) is 0 Å². The highest BCUT2D eigenvalue weighted by molar-refractivity contribution is 7.89. The molecule has 0 bridgehead atoms. The van der Waals surface area contributed by atoms with Crippen molar-refractivity contribution in [3.8, 4) is 5.75 Å². The lowest BCUT2D eigenvalue weighted by Gasteiger charge is -2.34. The molecule has 2 N–H and O–H groups in total. The third kappa shape index (κ3) is 3.75. The molecular formula is C17H19N3O4S. The maximum atomic E-state index is 12.6. The zero-order valence-electron chi connectivity index (χ0n) is 13.5. The molecule has 0 spiro atoms. The van der Waals surface area contributed by atoms with Gasteiger partial charge in [-0.25, -0.2) is 13.2 Å². The van der Waals surface area contributed by atoms with Gasteiger partial charge in [-0.2, -0.15) is 4.31 Å². The summed E-state index contributed by atoms with van der Waals surface area (Å²) in [4.78, 5) is 14.1. The Bertz CT molecular complexity index is 847. The number of nitrogens with one attached hydrogen (secondary N) is 1. The van der Waals surface area contributed by atoms with E-state index >= 15 is 0 Å². The van der Waals surface area contributed by atoms with Crippen molar-refractivity contribution in [1.29, 1.82) is 0 Å². The number of phenols is 1. The molecule has 1 aliphatic heterocycles. The lowest BCUT2D eigenvalue weighted by Crippen LogP contribution is -2.51. The summed E-state index contributed by atoms with van der Waals surface area (Å²) >= 11 is 0. The van der Waals surface area contributed by atoms with Gasteiger partial charge in [0.1, 0.15) is 5.75 Å². The predicted octanol–water partition coefficient (Wildman–Crippen LogP) is 1.93. The molecule has 1 aliphatic rings. The first kappa shape index (κ1) is 17.2. The molecule has 0 atom stereocenters. The van der Waals surface area contributed by atoms with E-state index in [1.54, 1.807) is 48.5 Å². The van der Waals surface area contributed by atoms with Gasteiger partial charge in [0.25, 0.3) is 0 Å². The number of carbonyl (C=O) groups excluding carboxylic acids is 1. The van der Waals surface area contributed by atoms with Crippen LogP contribution in [0.1, 0.15) is 0 Å². The molecule has 0 radical (unpaired) electrons. The molecule has 0 aliphatic carbocycles. The lowest BCUT2D eigenvalue weighted by molar-refractivity contribution is 0.184. The van der Waals surface area contributed by atoms with Crippen molar-refractivity contribution in [1.82, 2.24) is 9.21 Å². The summed E-state index contributed by atoms with van der Waals surface area (Å²) in [6.07, 6.45) is 0. The number of benzene rings is 2. The van der Waals surface area contributed by atoms with E-state index in [1.165, 1.54) is 15.3 Å². The maximum absolute atomic E-state index is 12.6. The number of para-hydroxylation sites is 2. The van der Waals surface area contributed by atoms with Crippen LogP contribution >= 0.6 is 0 Å². The summed E-state index contributed by atoms with van der Waals surface area (Å²) in [5.74, 6) is -0.0128. The monoisotopic (exact) mass is 361 g/mol. The second kappa shape index (κ2) is 7.12. The number of anilines is 1. The highest BCUT2D eigenvalue weighted by Gasteiger charge is 2.30. The first-order valence-corrected chi connectivity index (χ1v) is 9.31. The SMILES string of the molecule is O=C(Nc1ccccc1O)N1CCN(S(=O)(=O)c2ccccc2)CC1. The van der Waals surface area contributed by atoms with E-state index in [9.17, 15) is 18.3 Å². The van der Waals surface area contributed by atoms with Gasteiger partial charge >= 0.3 is 6.03 Å². The standard InChI is InChI=1S/C17H19N3O4S/c21-16-9-5-4-8-15(16)18-17(22)19-10-12-20(13-11-19)25(23,24)14-6-2-1-3-7-14/h1-9,21H,10-13H2,(H,18,22). The van der Waals surface area contributed by atoms with Crippen LogP contribution in [0.5, 0.6) is 5.75 Å². The molecule has 1 fully saturated rings. The second-order valence-corrected chi connectivity index (χ2v) is 7.59. The quantitative estimate of drug-likeness (QED) is 0.818. The molecule has 0 unspecified atom stereocenters. The van der Waals surface area contributed by atoms with Crippen molar-refractivity contribution < 1.29 is 18.3 Å². The summed E-state index contributed by atoms with van der Waals surface area (Å²) in [5.41, 5.74) is 0.326. The van der Waals surface area contributed by atoms with E-state index in [2.05, 4.69) is 5.32 Å². The Morgan fingerprint density at radius 1 is 0.920 bits per heavy atom. The van der Waals surface area contributed by atoms with Crippen LogP contribution in [0.2, 0.25) is 0 Å². The van der Waals surface area contributed by atoms with E-state index in [0.717, 1.165) is 0 Å². The first-order valence-electron chi connectivity index (χ1n) is 7.87. The smallest absolute Gasteiger partial charge is 0.322 e. The number of carbonyl (C=O) groups is 1. The van der Waals surface area contributed by atoms with Crippen LogP contribution in [0.3, 0.4) is 0 Å². The van der Waals surface area contributed by atoms with E-state index in [0.29, 0.717) is 5.69 Å². The summed E-state index contributed by atoms with van der Waals surface area (Å²) in [6, 6.07) is 14.4. The lowest BCUT2D eigenvalue weighted by atomic mass is 10.3. The Morgan fingerprint density at radius 2 is 1.52 bits per heavy atom. The number of hydrogen-bond donors (Lipinski definition) is 2. The number of sulfonamides is 1. The third-order valence-electron chi connectivity index (χ3n) is 4.05. The Balaban J connectivity index is 1.62. The van der Waals surface area contributed by atoms with Crippen molar-refractivity contribution in [2.24, 2.45) is 0 Å². The molecule has 1 saturated heterocycles. The Morgan fingerprint density at radius 3 is 2.16 bits per heavy atom. The van der Waals surface area contributed by atoms with Gasteiger partial charge in [0, 0.05) is 26.2 Å². The predicted molar refractivity (Wildman–Crippen MR) is 93.9 cm³/mol. The van der Waals surface area contributed by atoms with Gasteiger partial charge in [-0.05, 0) is 24.3 Å². The second-order valence-electron chi connectivity index (χ2n) is 5.65. The molecule has 8 heteroatoms. The summed E-state index contributed by atoms with van der Waals surface area (Å²) < 4.78 is 26.5. The van der Waals surface area contributed by atoms with Crippen LogP contribution in [-0.2, 0) is 10.0 Å². The maximum Gasteiger partial charge on any atom is 0.322 e. The van der Waals surface area contributed by atoms with Gasteiger partial charge < -0.3 is 15.3 Å². The zero-order chi connectivity index (χ0) is 17.9. The Hall–Kier alpha value is -2.58. The van der Waals surface area contributed by atoms with Gasteiger partial charge in [0.2, 0.25) is 10.0 Å². The molecule has 2 amide bonds. The molecule has 7 nitrogen and oxygen atoms in total. The minimum atomic E-state index is -3.54. The van der Waals surface area contributed by atoms with E-state index in [4.69, 9.17) is 0 Å². The Kier molecular flexibility index (Phi) is 4.91. The van der Waals surface area contributed by atoms with Crippen LogP contribution in [0.25, 0.3) is 0 Å². The fourth-order valence-corrected chi connectivity index (χ4v) is 4.09. The van der Waals surface area contributed by atoms with Crippen molar-refractivity contribution in [3.63, 3.8) is 0 Å². The van der Waals surface area contributed by atoms with Gasteiger partial charge in [0.05, 0.1) is 10.6 Å². The Labute approximate surface area is 146 Å². The largest absolute Gasteiger partial charge is 0.506 e. The number of amides is 2.